The average Bonchev–Trinajstić information content (AvgIpc) is 3.17. The highest BCUT2D eigenvalue weighted by atomic mass is 35.5. The van der Waals surface area contributed by atoms with Crippen molar-refractivity contribution in [1.82, 2.24) is 29.7 Å². The summed E-state index contributed by atoms with van der Waals surface area (Å²) >= 11 is 6.00. The number of rotatable bonds is 4. The number of aryl methyl sites for hydroxylation is 3. The van der Waals surface area contributed by atoms with Crippen LogP contribution in [0.4, 0.5) is 11.9 Å². The normalized spacial score (nSPS) is 11.1. The zero-order valence-electron chi connectivity index (χ0n) is 17.8. The molecule has 3 aromatic heterocycles. The second-order valence-electron chi connectivity index (χ2n) is 7.59. The Balaban J connectivity index is 1.46. The van der Waals surface area contributed by atoms with Gasteiger partial charge in [0.25, 0.3) is 0 Å². The van der Waals surface area contributed by atoms with Crippen molar-refractivity contribution in [2.45, 2.75) is 20.8 Å². The number of nitrogens with zero attached hydrogens (tertiary/aromatic N) is 6. The zero-order valence-corrected chi connectivity index (χ0v) is 18.6. The number of benzene rings is 2. The molecule has 0 radical (unpaired) electrons. The number of hydrogen-bond donors (Lipinski definition) is 1. The molecule has 0 amide bonds. The van der Waals surface area contributed by atoms with Gasteiger partial charge >= 0.3 is 0 Å². The van der Waals surface area contributed by atoms with Gasteiger partial charge in [-0.3, -0.25) is 5.32 Å². The molecule has 7 nitrogen and oxygen atoms in total. The third-order valence-corrected chi connectivity index (χ3v) is 5.44. The smallest absolute Gasteiger partial charge is 0.230 e. The highest BCUT2D eigenvalue weighted by molar-refractivity contribution is 6.30. The molecule has 0 atom stereocenters. The third kappa shape index (κ3) is 3.90. The molecule has 0 saturated heterocycles. The second kappa shape index (κ2) is 8.01. The summed E-state index contributed by atoms with van der Waals surface area (Å²) < 4.78 is 1.81. The van der Waals surface area contributed by atoms with Crippen LogP contribution in [0.5, 0.6) is 0 Å². The van der Waals surface area contributed by atoms with Crippen LogP contribution in [0.15, 0.2) is 60.9 Å². The van der Waals surface area contributed by atoms with Gasteiger partial charge in [-0.1, -0.05) is 23.2 Å². The van der Waals surface area contributed by atoms with E-state index in [4.69, 9.17) is 11.6 Å². The van der Waals surface area contributed by atoms with Crippen molar-refractivity contribution < 1.29 is 0 Å². The van der Waals surface area contributed by atoms with E-state index in [9.17, 15) is 0 Å². The second-order valence-corrected chi connectivity index (χ2v) is 8.03. The van der Waals surface area contributed by atoms with Crippen molar-refractivity contribution in [1.29, 1.82) is 0 Å². The standard InChI is InChI=1S/C24H20ClN7/c1-14-4-9-21-19(12-14)15(2)27-24(29-21)30-23-26-11-10-22(28-23)20-13-32(31-16(20)3)18-7-5-17(25)6-8-18/h4-13H,1-3H3,(H,26,27,28,29,30). The van der Waals surface area contributed by atoms with E-state index in [1.807, 2.05) is 67.2 Å². The Morgan fingerprint density at radius 2 is 1.66 bits per heavy atom. The van der Waals surface area contributed by atoms with E-state index in [1.54, 1.807) is 6.20 Å². The minimum Gasteiger partial charge on any atom is -0.293 e. The largest absolute Gasteiger partial charge is 0.293 e. The lowest BCUT2D eigenvalue weighted by atomic mass is 10.1. The lowest BCUT2D eigenvalue weighted by Gasteiger charge is -2.08. The molecule has 0 spiro atoms. The molecule has 0 unspecified atom stereocenters. The maximum Gasteiger partial charge on any atom is 0.230 e. The van der Waals surface area contributed by atoms with Gasteiger partial charge in [0.2, 0.25) is 11.9 Å². The molecule has 3 heterocycles. The molecule has 5 rings (SSSR count). The van der Waals surface area contributed by atoms with E-state index in [2.05, 4.69) is 43.3 Å². The summed E-state index contributed by atoms with van der Waals surface area (Å²) in [6.07, 6.45) is 3.66. The van der Waals surface area contributed by atoms with Crippen molar-refractivity contribution >= 4 is 34.4 Å². The number of fused-ring (bicyclic) bond motifs is 1. The van der Waals surface area contributed by atoms with Crippen molar-refractivity contribution in [3.05, 3.63) is 82.9 Å². The maximum atomic E-state index is 6.00. The van der Waals surface area contributed by atoms with Crippen LogP contribution in [0.1, 0.15) is 17.0 Å². The van der Waals surface area contributed by atoms with E-state index < -0.39 is 0 Å². The van der Waals surface area contributed by atoms with E-state index in [-0.39, 0.29) is 0 Å². The van der Waals surface area contributed by atoms with Crippen LogP contribution in [-0.2, 0) is 0 Å². The first kappa shape index (κ1) is 20.1. The summed E-state index contributed by atoms with van der Waals surface area (Å²) in [5.74, 6) is 0.886. The first-order valence-corrected chi connectivity index (χ1v) is 10.5. The van der Waals surface area contributed by atoms with Gasteiger partial charge in [-0.05, 0) is 63.2 Å². The number of aromatic nitrogens is 6. The molecule has 5 aromatic rings. The minimum atomic E-state index is 0.423. The van der Waals surface area contributed by atoms with Crippen LogP contribution in [0, 0.1) is 20.8 Å². The number of hydrogen-bond acceptors (Lipinski definition) is 6. The van der Waals surface area contributed by atoms with Crippen molar-refractivity contribution in [3.8, 4) is 16.9 Å². The fourth-order valence-electron chi connectivity index (χ4n) is 3.56. The molecular weight excluding hydrogens is 422 g/mol. The van der Waals surface area contributed by atoms with Crippen LogP contribution in [0.3, 0.4) is 0 Å². The molecular formula is C24H20ClN7. The molecule has 0 aliphatic heterocycles. The Kier molecular flexibility index (Phi) is 5.03. The Morgan fingerprint density at radius 1 is 0.844 bits per heavy atom. The summed E-state index contributed by atoms with van der Waals surface area (Å²) in [4.78, 5) is 18.2. The van der Waals surface area contributed by atoms with E-state index >= 15 is 0 Å². The van der Waals surface area contributed by atoms with Gasteiger partial charge in [0, 0.05) is 28.4 Å². The van der Waals surface area contributed by atoms with Gasteiger partial charge in [-0.25, -0.2) is 24.6 Å². The monoisotopic (exact) mass is 441 g/mol. The summed E-state index contributed by atoms with van der Waals surface area (Å²) in [7, 11) is 0. The number of nitrogens with one attached hydrogen (secondary N) is 1. The van der Waals surface area contributed by atoms with Crippen LogP contribution >= 0.6 is 11.6 Å². The molecule has 1 N–H and O–H groups in total. The number of halogens is 1. The Bertz CT molecular complexity index is 1440. The molecule has 158 valence electrons. The first-order valence-electron chi connectivity index (χ1n) is 10.1. The lowest BCUT2D eigenvalue weighted by Crippen LogP contribution is -2.03. The van der Waals surface area contributed by atoms with Crippen LogP contribution < -0.4 is 5.32 Å². The Morgan fingerprint density at radius 3 is 2.47 bits per heavy atom. The SMILES string of the molecule is Cc1ccc2nc(Nc3nccc(-c4cn(-c5ccc(Cl)cc5)nc4C)n3)nc(C)c2c1. The van der Waals surface area contributed by atoms with Gasteiger partial charge in [0.05, 0.1) is 28.3 Å². The molecule has 0 saturated carbocycles. The quantitative estimate of drug-likeness (QED) is 0.391. The van der Waals surface area contributed by atoms with E-state index in [1.165, 1.54) is 5.56 Å². The molecule has 32 heavy (non-hydrogen) atoms. The molecule has 0 fully saturated rings. The summed E-state index contributed by atoms with van der Waals surface area (Å²) in [5, 5.41) is 9.48. The Hall–Kier alpha value is -3.84. The highest BCUT2D eigenvalue weighted by Gasteiger charge is 2.12. The molecule has 0 bridgehead atoms. The van der Waals surface area contributed by atoms with Crippen molar-refractivity contribution in [2.24, 2.45) is 0 Å². The molecule has 0 aliphatic rings. The fourth-order valence-corrected chi connectivity index (χ4v) is 3.68. The fraction of sp³-hybridized carbons (Fsp3) is 0.125. The lowest BCUT2D eigenvalue weighted by molar-refractivity contribution is 0.863. The predicted octanol–water partition coefficient (Wildman–Crippen LogP) is 5.59. The van der Waals surface area contributed by atoms with Gasteiger partial charge < -0.3 is 0 Å². The van der Waals surface area contributed by atoms with Gasteiger partial charge in [-0.15, -0.1) is 0 Å². The van der Waals surface area contributed by atoms with Crippen LogP contribution in [0.2, 0.25) is 5.02 Å². The van der Waals surface area contributed by atoms with Crippen LogP contribution in [-0.4, -0.2) is 29.7 Å². The third-order valence-electron chi connectivity index (χ3n) is 5.19. The highest BCUT2D eigenvalue weighted by Crippen LogP contribution is 2.25. The summed E-state index contributed by atoms with van der Waals surface area (Å²) in [5.41, 5.74) is 6.41. The van der Waals surface area contributed by atoms with E-state index in [0.29, 0.717) is 16.9 Å². The van der Waals surface area contributed by atoms with Crippen molar-refractivity contribution in [2.75, 3.05) is 5.32 Å². The van der Waals surface area contributed by atoms with Crippen molar-refractivity contribution in [3.63, 3.8) is 0 Å². The molecule has 2 aromatic carbocycles. The average molecular weight is 442 g/mol. The summed E-state index contributed by atoms with van der Waals surface area (Å²) in [6, 6.07) is 15.5. The van der Waals surface area contributed by atoms with Crippen LogP contribution in [0.25, 0.3) is 27.8 Å². The summed E-state index contributed by atoms with van der Waals surface area (Å²) in [6.45, 7) is 5.98. The topological polar surface area (TPSA) is 81.4 Å². The Labute approximate surface area is 190 Å². The first-order chi connectivity index (χ1) is 15.5. The maximum absolute atomic E-state index is 6.00. The van der Waals surface area contributed by atoms with Gasteiger partial charge in [-0.2, -0.15) is 5.10 Å². The number of anilines is 2. The predicted molar refractivity (Wildman–Crippen MR) is 127 cm³/mol. The minimum absolute atomic E-state index is 0.423. The van der Waals surface area contributed by atoms with Gasteiger partial charge in [0.15, 0.2) is 0 Å². The molecule has 0 aliphatic carbocycles. The van der Waals surface area contributed by atoms with Gasteiger partial charge in [0.1, 0.15) is 0 Å². The zero-order chi connectivity index (χ0) is 22.2. The van der Waals surface area contributed by atoms with E-state index in [0.717, 1.165) is 39.2 Å². The molecule has 8 heteroatoms.